The monoisotopic (exact) mass is 388 g/mol. The van der Waals surface area contributed by atoms with Crippen molar-refractivity contribution in [2.75, 3.05) is 0 Å². The van der Waals surface area contributed by atoms with Crippen molar-refractivity contribution in [1.82, 2.24) is 0 Å². The molecule has 0 amide bonds. The van der Waals surface area contributed by atoms with Crippen molar-refractivity contribution in [3.8, 4) is 0 Å². The molecule has 1 N–H and O–H groups in total. The van der Waals surface area contributed by atoms with Crippen LogP contribution in [0.25, 0.3) is 0 Å². The van der Waals surface area contributed by atoms with Gasteiger partial charge in [-0.2, -0.15) is 0 Å². The van der Waals surface area contributed by atoms with Crippen LogP contribution in [-0.4, -0.2) is 11.2 Å². The van der Waals surface area contributed by atoms with Gasteiger partial charge in [0.2, 0.25) is 0 Å². The number of rotatable bonds is 5. The molecule has 0 aliphatic heterocycles. The molecule has 162 valence electrons. The molecule has 4 saturated carbocycles. The molecule has 4 aliphatic rings. The molecule has 0 spiro atoms. The molecule has 4 fully saturated rings. The third kappa shape index (κ3) is 3.50. The Balaban J connectivity index is 1.46. The predicted molar refractivity (Wildman–Crippen MR) is 119 cm³/mol. The lowest BCUT2D eigenvalue weighted by Gasteiger charge is -2.61. The summed E-state index contributed by atoms with van der Waals surface area (Å²) in [6, 6.07) is 0. The second-order valence-electron chi connectivity index (χ2n) is 12.6. The van der Waals surface area contributed by atoms with Crippen molar-refractivity contribution in [2.24, 2.45) is 52.3 Å². The van der Waals surface area contributed by atoms with Crippen molar-refractivity contribution in [1.29, 1.82) is 0 Å². The van der Waals surface area contributed by atoms with E-state index in [-0.39, 0.29) is 6.10 Å². The number of hydrogen-bond acceptors (Lipinski definition) is 1. The Bertz CT molecular complexity index is 540. The van der Waals surface area contributed by atoms with E-state index in [0.29, 0.717) is 10.8 Å². The number of aliphatic hydroxyl groups excluding tert-OH is 1. The van der Waals surface area contributed by atoms with Gasteiger partial charge in [-0.15, -0.1) is 0 Å². The summed E-state index contributed by atoms with van der Waals surface area (Å²) in [4.78, 5) is 0. The van der Waals surface area contributed by atoms with E-state index in [0.717, 1.165) is 54.3 Å². The van der Waals surface area contributed by atoms with Crippen molar-refractivity contribution in [3.63, 3.8) is 0 Å². The van der Waals surface area contributed by atoms with E-state index in [2.05, 4.69) is 34.6 Å². The van der Waals surface area contributed by atoms with Crippen LogP contribution in [0.5, 0.6) is 0 Å². The van der Waals surface area contributed by atoms with Crippen molar-refractivity contribution in [3.05, 3.63) is 0 Å². The molecule has 0 bridgehead atoms. The van der Waals surface area contributed by atoms with Gasteiger partial charge in [0.25, 0.3) is 0 Å². The Labute approximate surface area is 175 Å². The minimum Gasteiger partial charge on any atom is -0.393 e. The van der Waals surface area contributed by atoms with Gasteiger partial charge in [0.1, 0.15) is 0 Å². The molecule has 0 heterocycles. The van der Waals surface area contributed by atoms with Crippen molar-refractivity contribution >= 4 is 0 Å². The maximum absolute atomic E-state index is 10.3. The van der Waals surface area contributed by atoms with Crippen LogP contribution in [0.15, 0.2) is 0 Å². The maximum atomic E-state index is 10.3. The molecule has 0 aromatic heterocycles. The van der Waals surface area contributed by atoms with Crippen LogP contribution in [0, 0.1) is 52.3 Å². The van der Waals surface area contributed by atoms with E-state index in [4.69, 9.17) is 0 Å². The van der Waals surface area contributed by atoms with Gasteiger partial charge in [-0.25, -0.2) is 0 Å². The number of fused-ring (bicyclic) bond motifs is 5. The van der Waals surface area contributed by atoms with Gasteiger partial charge in [0.15, 0.2) is 0 Å². The molecule has 4 aliphatic carbocycles. The zero-order valence-electron chi connectivity index (χ0n) is 19.6. The van der Waals surface area contributed by atoms with Gasteiger partial charge in [0, 0.05) is 0 Å². The Kier molecular flexibility index (Phi) is 5.98. The molecule has 0 saturated heterocycles. The normalized spacial score (nSPS) is 49.4. The summed E-state index contributed by atoms with van der Waals surface area (Å²) in [5.74, 6) is 6.49. The molecule has 0 radical (unpaired) electrons. The Morgan fingerprint density at radius 1 is 0.821 bits per heavy atom. The van der Waals surface area contributed by atoms with E-state index < -0.39 is 0 Å². The summed E-state index contributed by atoms with van der Waals surface area (Å²) < 4.78 is 0. The fourth-order valence-corrected chi connectivity index (χ4v) is 9.26. The van der Waals surface area contributed by atoms with Crippen molar-refractivity contribution < 1.29 is 5.11 Å². The topological polar surface area (TPSA) is 20.2 Å². The van der Waals surface area contributed by atoms with Crippen LogP contribution in [0.1, 0.15) is 112 Å². The zero-order valence-corrected chi connectivity index (χ0v) is 19.6. The number of hydrogen-bond donors (Lipinski definition) is 1. The van der Waals surface area contributed by atoms with Crippen LogP contribution in [0.3, 0.4) is 0 Å². The van der Waals surface area contributed by atoms with E-state index >= 15 is 0 Å². The van der Waals surface area contributed by atoms with E-state index in [1.807, 2.05) is 0 Å². The molecular formula is C27H48O. The molecular weight excluding hydrogens is 340 g/mol. The van der Waals surface area contributed by atoms with Crippen LogP contribution in [0.2, 0.25) is 0 Å². The van der Waals surface area contributed by atoms with Crippen molar-refractivity contribution in [2.45, 2.75) is 118 Å². The van der Waals surface area contributed by atoms with Crippen LogP contribution in [-0.2, 0) is 0 Å². The lowest BCUT2D eigenvalue weighted by atomic mass is 9.44. The smallest absolute Gasteiger partial charge is 0.0543 e. The summed E-state index contributed by atoms with van der Waals surface area (Å²) in [7, 11) is 0. The third-order valence-electron chi connectivity index (χ3n) is 10.8. The summed E-state index contributed by atoms with van der Waals surface area (Å²) in [6.45, 7) is 12.7. The molecule has 9 atom stereocenters. The van der Waals surface area contributed by atoms with Crippen LogP contribution >= 0.6 is 0 Å². The molecule has 4 rings (SSSR count). The molecule has 4 unspecified atom stereocenters. The first-order valence-corrected chi connectivity index (χ1v) is 12.9. The zero-order chi connectivity index (χ0) is 20.1. The van der Waals surface area contributed by atoms with Gasteiger partial charge >= 0.3 is 0 Å². The van der Waals surface area contributed by atoms with Crippen LogP contribution < -0.4 is 0 Å². The van der Waals surface area contributed by atoms with E-state index in [9.17, 15) is 5.11 Å². The highest BCUT2D eigenvalue weighted by Crippen LogP contribution is 2.68. The summed E-state index contributed by atoms with van der Waals surface area (Å²) >= 11 is 0. The summed E-state index contributed by atoms with van der Waals surface area (Å²) in [6.07, 6.45) is 16.6. The van der Waals surface area contributed by atoms with Gasteiger partial charge in [-0.3, -0.25) is 0 Å². The summed E-state index contributed by atoms with van der Waals surface area (Å²) in [5, 5.41) is 10.3. The minimum absolute atomic E-state index is 0.00830. The molecule has 1 nitrogen and oxygen atoms in total. The van der Waals surface area contributed by atoms with E-state index in [1.54, 1.807) is 0 Å². The molecule has 0 aromatic rings. The maximum Gasteiger partial charge on any atom is 0.0543 e. The quantitative estimate of drug-likeness (QED) is 0.518. The van der Waals surface area contributed by atoms with Gasteiger partial charge in [-0.05, 0) is 110 Å². The fraction of sp³-hybridized carbons (Fsp3) is 1.00. The Hall–Kier alpha value is -0.0400. The third-order valence-corrected chi connectivity index (χ3v) is 10.8. The fourth-order valence-electron chi connectivity index (χ4n) is 9.26. The highest BCUT2D eigenvalue weighted by molar-refractivity contribution is 5.09. The van der Waals surface area contributed by atoms with Gasteiger partial charge in [0.05, 0.1) is 6.10 Å². The van der Waals surface area contributed by atoms with E-state index in [1.165, 1.54) is 64.2 Å². The molecule has 28 heavy (non-hydrogen) atoms. The Morgan fingerprint density at radius 3 is 2.29 bits per heavy atom. The second-order valence-corrected chi connectivity index (χ2v) is 12.6. The first-order valence-electron chi connectivity index (χ1n) is 12.9. The highest BCUT2D eigenvalue weighted by atomic mass is 16.3. The standard InChI is InChI=1S/C27H48O/c1-18(2)7-6-8-19(3)23-11-12-24-22-10-9-20-17-21(28)13-15-26(20,4)25(22)14-16-27(23,24)5/h18-25,28H,6-17H2,1-5H3/t19-,20-,21+,22?,23?,24?,25?,26+,27-/m1/s1. The average molecular weight is 389 g/mol. The Morgan fingerprint density at radius 2 is 1.54 bits per heavy atom. The summed E-state index contributed by atoms with van der Waals surface area (Å²) in [5.41, 5.74) is 1.15. The predicted octanol–water partition coefficient (Wildman–Crippen LogP) is 7.47. The lowest BCUT2D eigenvalue weighted by molar-refractivity contribution is -0.129. The largest absolute Gasteiger partial charge is 0.393 e. The minimum atomic E-state index is -0.00830. The first-order chi connectivity index (χ1) is 13.3. The lowest BCUT2D eigenvalue weighted by Crippen LogP contribution is -2.54. The van der Waals surface area contributed by atoms with Gasteiger partial charge < -0.3 is 5.11 Å². The average Bonchev–Trinajstić information content (AvgIpc) is 2.99. The highest BCUT2D eigenvalue weighted by Gasteiger charge is 2.60. The SMILES string of the molecule is CC(C)CCC[C@@H](C)C1CCC2C3CC[C@@H]4C[C@@H](O)CC[C@]4(C)C3CC[C@@]21C. The molecule has 0 aromatic carbocycles. The first kappa shape index (κ1) is 21.2. The number of aliphatic hydroxyl groups is 1. The van der Waals surface area contributed by atoms with Gasteiger partial charge in [-0.1, -0.05) is 53.9 Å². The second kappa shape index (κ2) is 7.90. The van der Waals surface area contributed by atoms with Crippen LogP contribution in [0.4, 0.5) is 0 Å². The molecule has 1 heteroatoms.